The molecule has 0 radical (unpaired) electrons. The zero-order chi connectivity index (χ0) is 20.9. The fraction of sp³-hybridized carbons (Fsp3) is 0.500. The number of esters is 1. The number of hydrogen-bond donors (Lipinski definition) is 1. The molecule has 1 N–H and O–H groups in total. The zero-order valence-electron chi connectivity index (χ0n) is 16.9. The molecule has 0 bridgehead atoms. The van der Waals surface area contributed by atoms with Crippen molar-refractivity contribution in [1.29, 1.82) is 0 Å². The summed E-state index contributed by atoms with van der Waals surface area (Å²) in [5.41, 5.74) is 0.593. The van der Waals surface area contributed by atoms with Gasteiger partial charge in [-0.25, -0.2) is 9.59 Å². The Morgan fingerprint density at radius 1 is 1.25 bits per heavy atom. The molecule has 0 spiro atoms. The normalized spacial score (nSPS) is 11.4. The molecular weight excluding hydrogens is 384 g/mol. The molecule has 0 saturated carbocycles. The van der Waals surface area contributed by atoms with Gasteiger partial charge in [0.1, 0.15) is 17.0 Å². The molecule has 0 aliphatic carbocycles. The van der Waals surface area contributed by atoms with Crippen LogP contribution in [0, 0.1) is 0 Å². The standard InChI is InChI=1S/C20H27ClN2O5/c1-6-26-18(24)15-12-13-14(21)8-9-16(17(13)23(15)5)27-11-7-10-22-19(25)28-20(2,3)4/h8-9,12H,6-7,10-11H2,1-5H3,(H,22,25). The van der Waals surface area contributed by atoms with Gasteiger partial charge >= 0.3 is 12.1 Å². The number of nitrogens with one attached hydrogen (secondary N) is 1. The van der Waals surface area contributed by atoms with Crippen molar-refractivity contribution in [1.82, 2.24) is 9.88 Å². The highest BCUT2D eigenvalue weighted by Crippen LogP contribution is 2.34. The average Bonchev–Trinajstić information content (AvgIpc) is 2.94. The van der Waals surface area contributed by atoms with E-state index in [2.05, 4.69) is 5.32 Å². The number of aryl methyl sites for hydroxylation is 1. The van der Waals surface area contributed by atoms with E-state index in [0.29, 0.717) is 42.6 Å². The first-order valence-electron chi connectivity index (χ1n) is 9.18. The Morgan fingerprint density at radius 2 is 1.96 bits per heavy atom. The number of halogens is 1. The second-order valence-electron chi connectivity index (χ2n) is 7.25. The van der Waals surface area contributed by atoms with Gasteiger partial charge in [-0.1, -0.05) is 11.6 Å². The largest absolute Gasteiger partial charge is 0.491 e. The number of nitrogens with zero attached hydrogens (tertiary/aromatic N) is 1. The predicted octanol–water partition coefficient (Wildman–Crippen LogP) is 4.30. The van der Waals surface area contributed by atoms with Crippen LogP contribution in [0.25, 0.3) is 10.9 Å². The molecule has 1 aromatic carbocycles. The van der Waals surface area contributed by atoms with E-state index in [1.165, 1.54) is 0 Å². The molecule has 8 heteroatoms. The second kappa shape index (κ2) is 9.19. The quantitative estimate of drug-likeness (QED) is 0.543. The Kier molecular flexibility index (Phi) is 7.18. The van der Waals surface area contributed by atoms with E-state index >= 15 is 0 Å². The maximum Gasteiger partial charge on any atom is 0.407 e. The minimum atomic E-state index is -0.529. The van der Waals surface area contributed by atoms with Crippen LogP contribution < -0.4 is 10.1 Å². The average molecular weight is 411 g/mol. The summed E-state index contributed by atoms with van der Waals surface area (Å²) in [6.45, 7) is 8.29. The van der Waals surface area contributed by atoms with Crippen LogP contribution in [0.5, 0.6) is 5.75 Å². The number of carbonyl (C=O) groups is 2. The van der Waals surface area contributed by atoms with Gasteiger partial charge in [-0.3, -0.25) is 0 Å². The molecule has 0 fully saturated rings. The number of alkyl carbamates (subject to hydrolysis) is 1. The smallest absolute Gasteiger partial charge is 0.407 e. The Bertz CT molecular complexity index is 854. The summed E-state index contributed by atoms with van der Waals surface area (Å²) >= 11 is 6.29. The van der Waals surface area contributed by atoms with Gasteiger partial charge in [-0.05, 0) is 52.3 Å². The van der Waals surface area contributed by atoms with Crippen LogP contribution in [-0.4, -0.2) is 42.0 Å². The summed E-state index contributed by atoms with van der Waals surface area (Å²) in [5, 5.41) is 3.93. The first kappa shape index (κ1) is 21.9. The minimum absolute atomic E-state index is 0.294. The van der Waals surface area contributed by atoms with Gasteiger partial charge in [0, 0.05) is 19.0 Å². The van der Waals surface area contributed by atoms with E-state index < -0.39 is 17.7 Å². The second-order valence-corrected chi connectivity index (χ2v) is 7.65. The first-order valence-corrected chi connectivity index (χ1v) is 9.56. The van der Waals surface area contributed by atoms with E-state index in [4.69, 9.17) is 25.8 Å². The van der Waals surface area contributed by atoms with Crippen LogP contribution in [-0.2, 0) is 16.5 Å². The van der Waals surface area contributed by atoms with Crippen molar-refractivity contribution >= 4 is 34.6 Å². The lowest BCUT2D eigenvalue weighted by Crippen LogP contribution is -2.33. The summed E-state index contributed by atoms with van der Waals surface area (Å²) in [7, 11) is 1.77. The van der Waals surface area contributed by atoms with Crippen LogP contribution >= 0.6 is 11.6 Å². The Morgan fingerprint density at radius 3 is 2.61 bits per heavy atom. The highest BCUT2D eigenvalue weighted by Gasteiger charge is 2.19. The number of carbonyl (C=O) groups excluding carboxylic acids is 2. The van der Waals surface area contributed by atoms with E-state index in [0.717, 1.165) is 10.9 Å². The number of fused-ring (bicyclic) bond motifs is 1. The van der Waals surface area contributed by atoms with E-state index in [1.807, 2.05) is 20.8 Å². The maximum atomic E-state index is 12.1. The van der Waals surface area contributed by atoms with Gasteiger partial charge in [0.2, 0.25) is 0 Å². The van der Waals surface area contributed by atoms with E-state index in [-0.39, 0.29) is 0 Å². The summed E-state index contributed by atoms with van der Waals surface area (Å²) in [4.78, 5) is 23.8. The van der Waals surface area contributed by atoms with Crippen molar-refractivity contribution in [3.63, 3.8) is 0 Å². The van der Waals surface area contributed by atoms with Crippen LogP contribution in [0.4, 0.5) is 4.79 Å². The lowest BCUT2D eigenvalue weighted by atomic mass is 10.2. The zero-order valence-corrected chi connectivity index (χ0v) is 17.7. The van der Waals surface area contributed by atoms with Crippen molar-refractivity contribution in [3.8, 4) is 5.75 Å². The Hall–Kier alpha value is -2.41. The third-order valence-electron chi connectivity index (χ3n) is 3.84. The van der Waals surface area contributed by atoms with Gasteiger partial charge in [-0.2, -0.15) is 0 Å². The molecule has 1 aromatic heterocycles. The van der Waals surface area contributed by atoms with Crippen LogP contribution in [0.15, 0.2) is 18.2 Å². The van der Waals surface area contributed by atoms with Crippen molar-refractivity contribution in [3.05, 3.63) is 28.9 Å². The van der Waals surface area contributed by atoms with Gasteiger partial charge in [0.15, 0.2) is 0 Å². The SMILES string of the molecule is CCOC(=O)c1cc2c(Cl)ccc(OCCCNC(=O)OC(C)(C)C)c2n1C. The number of rotatable bonds is 7. The van der Waals surface area contributed by atoms with Gasteiger partial charge in [-0.15, -0.1) is 0 Å². The van der Waals surface area contributed by atoms with Crippen molar-refractivity contribution in [2.75, 3.05) is 19.8 Å². The molecule has 2 aromatic rings. The van der Waals surface area contributed by atoms with E-state index in [9.17, 15) is 9.59 Å². The number of aromatic nitrogens is 1. The first-order chi connectivity index (χ1) is 13.1. The van der Waals surface area contributed by atoms with Crippen molar-refractivity contribution in [2.45, 2.75) is 39.7 Å². The maximum absolute atomic E-state index is 12.1. The Labute approximate surface area is 169 Å². The number of hydrogen-bond acceptors (Lipinski definition) is 5. The number of amides is 1. The fourth-order valence-electron chi connectivity index (χ4n) is 2.68. The molecule has 0 atom stereocenters. The molecular formula is C20H27ClN2O5. The fourth-order valence-corrected chi connectivity index (χ4v) is 2.88. The lowest BCUT2D eigenvalue weighted by molar-refractivity contribution is 0.0509. The summed E-state index contributed by atoms with van der Waals surface area (Å²) < 4.78 is 17.9. The molecule has 1 amide bonds. The van der Waals surface area contributed by atoms with Crippen LogP contribution in [0.2, 0.25) is 5.02 Å². The van der Waals surface area contributed by atoms with Gasteiger partial charge in [0.25, 0.3) is 0 Å². The molecule has 0 aliphatic heterocycles. The van der Waals surface area contributed by atoms with Gasteiger partial charge < -0.3 is 24.1 Å². The Balaban J connectivity index is 2.02. The minimum Gasteiger partial charge on any atom is -0.491 e. The predicted molar refractivity (Wildman–Crippen MR) is 108 cm³/mol. The summed E-state index contributed by atoms with van der Waals surface area (Å²) in [6, 6.07) is 5.20. The highest BCUT2D eigenvalue weighted by atomic mass is 35.5. The highest BCUT2D eigenvalue weighted by molar-refractivity contribution is 6.35. The molecule has 28 heavy (non-hydrogen) atoms. The molecule has 154 valence electrons. The van der Waals surface area contributed by atoms with Crippen molar-refractivity contribution < 1.29 is 23.8 Å². The summed E-state index contributed by atoms with van der Waals surface area (Å²) in [5.74, 6) is 0.194. The molecule has 2 rings (SSSR count). The van der Waals surface area contributed by atoms with Crippen LogP contribution in [0.1, 0.15) is 44.6 Å². The summed E-state index contributed by atoms with van der Waals surface area (Å²) in [6.07, 6.45) is 0.140. The van der Waals surface area contributed by atoms with E-state index in [1.54, 1.807) is 36.7 Å². The van der Waals surface area contributed by atoms with Crippen LogP contribution in [0.3, 0.4) is 0 Å². The molecule has 1 heterocycles. The third-order valence-corrected chi connectivity index (χ3v) is 4.17. The molecule has 0 aliphatic rings. The topological polar surface area (TPSA) is 78.8 Å². The monoisotopic (exact) mass is 410 g/mol. The lowest BCUT2D eigenvalue weighted by Gasteiger charge is -2.19. The molecule has 7 nitrogen and oxygen atoms in total. The van der Waals surface area contributed by atoms with Crippen molar-refractivity contribution in [2.24, 2.45) is 7.05 Å². The van der Waals surface area contributed by atoms with Gasteiger partial charge in [0.05, 0.1) is 23.8 Å². The molecule has 0 unspecified atom stereocenters. The number of benzene rings is 1. The number of ether oxygens (including phenoxy) is 3. The third kappa shape index (κ3) is 5.55. The molecule has 0 saturated heterocycles.